The van der Waals surface area contributed by atoms with Crippen molar-refractivity contribution in [2.75, 3.05) is 0 Å². The van der Waals surface area contributed by atoms with Gasteiger partial charge in [-0.05, 0) is 30.2 Å². The van der Waals surface area contributed by atoms with Crippen molar-refractivity contribution in [2.24, 2.45) is 5.73 Å². The standard InChI is InChI=1S/C15H16N2O2/c1-10(18)12-6-4-11(5-7-12)9-14-13(15(16)19)3-2-8-17-14/h2-8,10,18H,9H2,1H3,(H2,16,19). The Hall–Kier alpha value is -2.20. The van der Waals surface area contributed by atoms with Gasteiger partial charge in [-0.2, -0.15) is 0 Å². The monoisotopic (exact) mass is 256 g/mol. The molecule has 98 valence electrons. The van der Waals surface area contributed by atoms with Crippen LogP contribution in [0, 0.1) is 0 Å². The van der Waals surface area contributed by atoms with Crippen LogP contribution in [0.2, 0.25) is 0 Å². The number of hydrogen-bond donors (Lipinski definition) is 2. The lowest BCUT2D eigenvalue weighted by Crippen LogP contribution is -2.14. The van der Waals surface area contributed by atoms with E-state index in [1.165, 1.54) is 0 Å². The molecule has 0 spiro atoms. The van der Waals surface area contributed by atoms with Crippen LogP contribution in [0.4, 0.5) is 0 Å². The van der Waals surface area contributed by atoms with Gasteiger partial charge < -0.3 is 10.8 Å². The molecule has 0 saturated heterocycles. The molecular weight excluding hydrogens is 240 g/mol. The lowest BCUT2D eigenvalue weighted by molar-refractivity contribution is 0.0999. The zero-order valence-electron chi connectivity index (χ0n) is 10.7. The first kappa shape index (κ1) is 13.2. The van der Waals surface area contributed by atoms with Crippen molar-refractivity contribution < 1.29 is 9.90 Å². The highest BCUT2D eigenvalue weighted by molar-refractivity contribution is 5.93. The second-order valence-electron chi connectivity index (χ2n) is 4.46. The number of pyridine rings is 1. The normalized spacial score (nSPS) is 12.1. The maximum atomic E-state index is 11.3. The fourth-order valence-electron chi connectivity index (χ4n) is 1.91. The number of carbonyl (C=O) groups excluding carboxylic acids is 1. The molecule has 2 aromatic rings. The molecule has 1 atom stereocenters. The Balaban J connectivity index is 2.24. The van der Waals surface area contributed by atoms with Gasteiger partial charge in [0, 0.05) is 12.6 Å². The Morgan fingerprint density at radius 2 is 2.00 bits per heavy atom. The summed E-state index contributed by atoms with van der Waals surface area (Å²) in [5, 5.41) is 9.45. The van der Waals surface area contributed by atoms with Gasteiger partial charge >= 0.3 is 0 Å². The Labute approximate surface area is 111 Å². The molecule has 1 unspecified atom stereocenters. The fraction of sp³-hybridized carbons (Fsp3) is 0.200. The van der Waals surface area contributed by atoms with Crippen molar-refractivity contribution in [1.29, 1.82) is 0 Å². The highest BCUT2D eigenvalue weighted by Crippen LogP contribution is 2.16. The van der Waals surface area contributed by atoms with Crippen LogP contribution in [0.5, 0.6) is 0 Å². The topological polar surface area (TPSA) is 76.2 Å². The fourth-order valence-corrected chi connectivity index (χ4v) is 1.91. The second-order valence-corrected chi connectivity index (χ2v) is 4.46. The first-order chi connectivity index (χ1) is 9.08. The molecule has 2 rings (SSSR count). The van der Waals surface area contributed by atoms with E-state index < -0.39 is 12.0 Å². The van der Waals surface area contributed by atoms with Crippen LogP contribution in [0.1, 0.15) is 40.2 Å². The minimum Gasteiger partial charge on any atom is -0.389 e. The van der Waals surface area contributed by atoms with Crippen molar-refractivity contribution in [3.8, 4) is 0 Å². The summed E-state index contributed by atoms with van der Waals surface area (Å²) < 4.78 is 0. The van der Waals surface area contributed by atoms with E-state index in [2.05, 4.69) is 4.98 Å². The van der Waals surface area contributed by atoms with E-state index in [0.29, 0.717) is 17.7 Å². The quantitative estimate of drug-likeness (QED) is 0.876. The van der Waals surface area contributed by atoms with Gasteiger partial charge in [-0.15, -0.1) is 0 Å². The highest BCUT2D eigenvalue weighted by atomic mass is 16.3. The van der Waals surface area contributed by atoms with Crippen LogP contribution in [0.25, 0.3) is 0 Å². The van der Waals surface area contributed by atoms with E-state index in [1.54, 1.807) is 25.3 Å². The van der Waals surface area contributed by atoms with Gasteiger partial charge in [0.1, 0.15) is 0 Å². The Morgan fingerprint density at radius 3 is 2.58 bits per heavy atom. The van der Waals surface area contributed by atoms with Crippen LogP contribution >= 0.6 is 0 Å². The van der Waals surface area contributed by atoms with Crippen molar-refractivity contribution in [2.45, 2.75) is 19.4 Å². The minimum atomic E-state index is -0.481. The maximum absolute atomic E-state index is 11.3. The third-order valence-corrected chi connectivity index (χ3v) is 2.99. The molecule has 0 aliphatic rings. The summed E-state index contributed by atoms with van der Waals surface area (Å²) in [6, 6.07) is 10.9. The van der Waals surface area contributed by atoms with Crippen molar-refractivity contribution in [3.05, 3.63) is 65.0 Å². The Bertz CT molecular complexity index is 577. The van der Waals surface area contributed by atoms with Crippen molar-refractivity contribution in [3.63, 3.8) is 0 Å². The van der Waals surface area contributed by atoms with Crippen LogP contribution < -0.4 is 5.73 Å². The van der Waals surface area contributed by atoms with Crippen LogP contribution in [-0.2, 0) is 6.42 Å². The van der Waals surface area contributed by atoms with Crippen LogP contribution in [0.15, 0.2) is 42.6 Å². The van der Waals surface area contributed by atoms with Crippen molar-refractivity contribution >= 4 is 5.91 Å². The largest absolute Gasteiger partial charge is 0.389 e. The SMILES string of the molecule is CC(O)c1ccc(Cc2ncccc2C(N)=O)cc1. The van der Waals surface area contributed by atoms with Crippen molar-refractivity contribution in [1.82, 2.24) is 4.98 Å². The highest BCUT2D eigenvalue weighted by Gasteiger charge is 2.09. The number of aliphatic hydroxyl groups is 1. The lowest BCUT2D eigenvalue weighted by atomic mass is 10.0. The smallest absolute Gasteiger partial charge is 0.250 e. The zero-order chi connectivity index (χ0) is 13.8. The molecule has 19 heavy (non-hydrogen) atoms. The van der Waals surface area contributed by atoms with E-state index in [9.17, 15) is 9.90 Å². The van der Waals surface area contributed by atoms with E-state index in [4.69, 9.17) is 5.73 Å². The van der Waals surface area contributed by atoms with E-state index in [-0.39, 0.29) is 0 Å². The number of nitrogens with zero attached hydrogens (tertiary/aromatic N) is 1. The van der Waals surface area contributed by atoms with Crippen LogP contribution in [-0.4, -0.2) is 16.0 Å². The molecule has 1 aromatic heterocycles. The molecule has 1 aromatic carbocycles. The molecule has 1 heterocycles. The third kappa shape index (κ3) is 3.17. The molecule has 4 heteroatoms. The van der Waals surface area contributed by atoms with E-state index >= 15 is 0 Å². The molecule has 0 aliphatic carbocycles. The van der Waals surface area contributed by atoms with E-state index in [1.807, 2.05) is 24.3 Å². The maximum Gasteiger partial charge on any atom is 0.250 e. The predicted molar refractivity (Wildman–Crippen MR) is 72.6 cm³/mol. The van der Waals surface area contributed by atoms with Crippen LogP contribution in [0.3, 0.4) is 0 Å². The second kappa shape index (κ2) is 5.63. The summed E-state index contributed by atoms with van der Waals surface area (Å²) in [7, 11) is 0. The van der Waals surface area contributed by atoms with Gasteiger partial charge in [-0.25, -0.2) is 0 Å². The summed E-state index contributed by atoms with van der Waals surface area (Å²) in [5.74, 6) is -0.469. The van der Waals surface area contributed by atoms with Gasteiger partial charge in [0.15, 0.2) is 0 Å². The number of benzene rings is 1. The minimum absolute atomic E-state index is 0.446. The summed E-state index contributed by atoms with van der Waals surface area (Å²) in [6.07, 6.45) is 1.70. The van der Waals surface area contributed by atoms with Gasteiger partial charge in [0.25, 0.3) is 5.91 Å². The molecule has 4 nitrogen and oxygen atoms in total. The van der Waals surface area contributed by atoms with Gasteiger partial charge in [-0.3, -0.25) is 9.78 Å². The first-order valence-corrected chi connectivity index (χ1v) is 6.08. The molecule has 0 saturated carbocycles. The van der Waals surface area contributed by atoms with Gasteiger partial charge in [-0.1, -0.05) is 24.3 Å². The molecule has 1 amide bonds. The molecule has 0 radical (unpaired) electrons. The lowest BCUT2D eigenvalue weighted by Gasteiger charge is -2.08. The average Bonchev–Trinajstić information content (AvgIpc) is 2.39. The Morgan fingerprint density at radius 1 is 1.32 bits per heavy atom. The number of rotatable bonds is 4. The summed E-state index contributed by atoms with van der Waals surface area (Å²) in [5.41, 5.74) is 8.31. The number of aromatic nitrogens is 1. The number of hydrogen-bond acceptors (Lipinski definition) is 3. The average molecular weight is 256 g/mol. The summed E-state index contributed by atoms with van der Waals surface area (Å²) in [6.45, 7) is 1.72. The summed E-state index contributed by atoms with van der Waals surface area (Å²) in [4.78, 5) is 15.5. The molecule has 0 fully saturated rings. The van der Waals surface area contributed by atoms with Gasteiger partial charge in [0.2, 0.25) is 0 Å². The van der Waals surface area contributed by atoms with Gasteiger partial charge in [0.05, 0.1) is 17.4 Å². The number of nitrogens with two attached hydrogens (primary N) is 1. The number of primary amides is 1. The Kier molecular flexibility index (Phi) is 3.92. The molecule has 0 aliphatic heterocycles. The van der Waals surface area contributed by atoms with E-state index in [0.717, 1.165) is 11.1 Å². The summed E-state index contributed by atoms with van der Waals surface area (Å²) >= 11 is 0. The third-order valence-electron chi connectivity index (χ3n) is 2.99. The molecule has 0 bridgehead atoms. The predicted octanol–water partition coefficient (Wildman–Crippen LogP) is 1.82. The number of amides is 1. The number of aliphatic hydroxyl groups excluding tert-OH is 1. The molecular formula is C15H16N2O2. The zero-order valence-corrected chi connectivity index (χ0v) is 10.7. The number of carbonyl (C=O) groups is 1. The first-order valence-electron chi connectivity index (χ1n) is 6.08. The molecule has 3 N–H and O–H groups in total.